The zero-order valence-electron chi connectivity index (χ0n) is 9.86. The fourth-order valence-electron chi connectivity index (χ4n) is 1.32. The summed E-state index contributed by atoms with van der Waals surface area (Å²) in [6.45, 7) is 1.38. The number of anilines is 2. The third-order valence-corrected chi connectivity index (χ3v) is 2.02. The van der Waals surface area contributed by atoms with Crippen LogP contribution in [-0.2, 0) is 14.4 Å². The lowest BCUT2D eigenvalue weighted by Gasteiger charge is -2.08. The monoisotopic (exact) mass is 249 g/mol. The topological polar surface area (TPSA) is 98.3 Å². The van der Waals surface area contributed by atoms with Gasteiger partial charge in [0.25, 0.3) is 0 Å². The van der Waals surface area contributed by atoms with E-state index in [1.807, 2.05) is 0 Å². The maximum atomic E-state index is 11.4. The fraction of sp³-hybridized carbons (Fsp3) is 0.250. The van der Waals surface area contributed by atoms with Gasteiger partial charge in [-0.25, -0.2) is 0 Å². The molecule has 0 aliphatic rings. The first kappa shape index (κ1) is 13.7. The summed E-state index contributed by atoms with van der Waals surface area (Å²) in [6, 6.07) is 6.57. The van der Waals surface area contributed by atoms with Gasteiger partial charge in [-0.1, -0.05) is 6.07 Å². The molecular formula is C12H13N2O4-. The standard InChI is InChI=1S/C12H14N2O4/c1-8(15)13-9-3-2-4-10(7-9)14-11(16)5-6-12(17)18/h2-4,7H,5-6H2,1H3,(H,13,15)(H,14,16)(H,17,18)/p-1. The Morgan fingerprint density at radius 3 is 2.28 bits per heavy atom. The summed E-state index contributed by atoms with van der Waals surface area (Å²) in [4.78, 5) is 32.4. The van der Waals surface area contributed by atoms with E-state index in [2.05, 4.69) is 10.6 Å². The van der Waals surface area contributed by atoms with Crippen LogP contribution in [0.4, 0.5) is 11.4 Å². The van der Waals surface area contributed by atoms with Crippen LogP contribution in [0.25, 0.3) is 0 Å². The van der Waals surface area contributed by atoms with Gasteiger partial charge >= 0.3 is 0 Å². The predicted octanol–water partition coefficient (Wildman–Crippen LogP) is 0.114. The number of hydrogen-bond donors (Lipinski definition) is 2. The minimum absolute atomic E-state index is 0.146. The molecule has 0 spiro atoms. The number of amides is 2. The van der Waals surface area contributed by atoms with Gasteiger partial charge in [0.15, 0.2) is 0 Å². The molecule has 0 aromatic heterocycles. The summed E-state index contributed by atoms with van der Waals surface area (Å²) >= 11 is 0. The third-order valence-electron chi connectivity index (χ3n) is 2.02. The lowest BCUT2D eigenvalue weighted by molar-refractivity contribution is -0.305. The second kappa shape index (κ2) is 6.39. The smallest absolute Gasteiger partial charge is 0.224 e. The normalized spacial score (nSPS) is 9.61. The van der Waals surface area contributed by atoms with Crippen molar-refractivity contribution >= 4 is 29.2 Å². The van der Waals surface area contributed by atoms with E-state index in [4.69, 9.17) is 0 Å². The number of carboxylic acids is 1. The molecule has 0 saturated heterocycles. The van der Waals surface area contributed by atoms with E-state index in [0.717, 1.165) is 0 Å². The van der Waals surface area contributed by atoms with E-state index >= 15 is 0 Å². The summed E-state index contributed by atoms with van der Waals surface area (Å²) < 4.78 is 0. The molecule has 6 heteroatoms. The van der Waals surface area contributed by atoms with Crippen LogP contribution < -0.4 is 15.7 Å². The van der Waals surface area contributed by atoms with Gasteiger partial charge in [-0.15, -0.1) is 0 Å². The Kier molecular flexibility index (Phi) is 4.86. The van der Waals surface area contributed by atoms with Gasteiger partial charge in [0.2, 0.25) is 11.8 Å². The minimum Gasteiger partial charge on any atom is -0.550 e. The molecule has 0 bridgehead atoms. The van der Waals surface area contributed by atoms with Crippen LogP contribution >= 0.6 is 0 Å². The van der Waals surface area contributed by atoms with Gasteiger partial charge < -0.3 is 20.5 Å². The molecule has 96 valence electrons. The van der Waals surface area contributed by atoms with Gasteiger partial charge in [0.05, 0.1) is 0 Å². The summed E-state index contributed by atoms with van der Waals surface area (Å²) in [6.07, 6.45) is -0.468. The first-order valence-corrected chi connectivity index (χ1v) is 5.34. The van der Waals surface area contributed by atoms with E-state index in [0.29, 0.717) is 11.4 Å². The maximum absolute atomic E-state index is 11.4. The number of carbonyl (C=O) groups is 3. The van der Waals surface area contributed by atoms with Crippen LogP contribution in [0.15, 0.2) is 24.3 Å². The number of aliphatic carboxylic acids is 1. The van der Waals surface area contributed by atoms with Crippen LogP contribution in [0.1, 0.15) is 19.8 Å². The van der Waals surface area contributed by atoms with Crippen LogP contribution in [0.2, 0.25) is 0 Å². The summed E-state index contributed by atoms with van der Waals surface area (Å²) in [5.74, 6) is -1.90. The molecule has 0 aliphatic carbocycles. The van der Waals surface area contributed by atoms with Crippen molar-refractivity contribution < 1.29 is 19.5 Å². The second-order valence-electron chi connectivity index (χ2n) is 3.68. The van der Waals surface area contributed by atoms with E-state index < -0.39 is 11.9 Å². The van der Waals surface area contributed by atoms with Crippen LogP contribution in [0.5, 0.6) is 0 Å². The fourth-order valence-corrected chi connectivity index (χ4v) is 1.32. The van der Waals surface area contributed by atoms with Crippen molar-refractivity contribution in [3.05, 3.63) is 24.3 Å². The van der Waals surface area contributed by atoms with E-state index in [-0.39, 0.29) is 18.7 Å². The van der Waals surface area contributed by atoms with E-state index in [1.54, 1.807) is 24.3 Å². The summed E-state index contributed by atoms with van der Waals surface area (Å²) in [7, 11) is 0. The Bertz CT molecular complexity index is 471. The number of benzene rings is 1. The Labute approximate surface area is 104 Å². The highest BCUT2D eigenvalue weighted by Gasteiger charge is 2.03. The van der Waals surface area contributed by atoms with Gasteiger partial charge in [0.1, 0.15) is 0 Å². The highest BCUT2D eigenvalue weighted by molar-refractivity contribution is 5.94. The third kappa shape index (κ3) is 5.11. The number of rotatable bonds is 5. The van der Waals surface area contributed by atoms with E-state index in [9.17, 15) is 19.5 Å². The summed E-state index contributed by atoms with van der Waals surface area (Å²) in [5.41, 5.74) is 1.05. The molecule has 0 aliphatic heterocycles. The Hall–Kier alpha value is -2.37. The van der Waals surface area contributed by atoms with Crippen molar-refractivity contribution in [1.29, 1.82) is 0 Å². The van der Waals surface area contributed by atoms with Crippen LogP contribution in [0, 0.1) is 0 Å². The molecule has 2 N–H and O–H groups in total. The van der Waals surface area contributed by atoms with Gasteiger partial charge in [-0.05, 0) is 24.6 Å². The predicted molar refractivity (Wildman–Crippen MR) is 63.6 cm³/mol. The van der Waals surface area contributed by atoms with Crippen LogP contribution in [-0.4, -0.2) is 17.8 Å². The SMILES string of the molecule is CC(=O)Nc1cccc(NC(=O)CCC(=O)[O-])c1. The molecule has 0 saturated carbocycles. The van der Waals surface area contributed by atoms with Gasteiger partial charge in [0, 0.05) is 30.7 Å². The van der Waals surface area contributed by atoms with Crippen molar-refractivity contribution in [2.24, 2.45) is 0 Å². The van der Waals surface area contributed by atoms with Crippen molar-refractivity contribution in [2.75, 3.05) is 10.6 Å². The molecule has 1 aromatic carbocycles. The molecule has 0 radical (unpaired) electrons. The second-order valence-corrected chi connectivity index (χ2v) is 3.68. The van der Waals surface area contributed by atoms with Crippen molar-refractivity contribution in [3.8, 4) is 0 Å². The van der Waals surface area contributed by atoms with E-state index in [1.165, 1.54) is 6.92 Å². The molecule has 1 rings (SSSR count). The molecule has 1 aromatic rings. The molecule has 18 heavy (non-hydrogen) atoms. The lowest BCUT2D eigenvalue weighted by atomic mass is 10.2. The van der Waals surface area contributed by atoms with Gasteiger partial charge in [-0.3, -0.25) is 9.59 Å². The summed E-state index contributed by atoms with van der Waals surface area (Å²) in [5, 5.41) is 15.3. The number of hydrogen-bond acceptors (Lipinski definition) is 4. The Balaban J connectivity index is 2.58. The first-order valence-electron chi connectivity index (χ1n) is 5.34. The molecule has 2 amide bonds. The van der Waals surface area contributed by atoms with Crippen molar-refractivity contribution in [3.63, 3.8) is 0 Å². The number of nitrogens with one attached hydrogen (secondary N) is 2. The largest absolute Gasteiger partial charge is 0.550 e. The zero-order chi connectivity index (χ0) is 13.5. The van der Waals surface area contributed by atoms with Crippen molar-refractivity contribution in [2.45, 2.75) is 19.8 Å². The molecular weight excluding hydrogens is 236 g/mol. The molecule has 0 unspecified atom stereocenters. The van der Waals surface area contributed by atoms with Gasteiger partial charge in [-0.2, -0.15) is 0 Å². The maximum Gasteiger partial charge on any atom is 0.224 e. The highest BCUT2D eigenvalue weighted by atomic mass is 16.4. The van der Waals surface area contributed by atoms with Crippen molar-refractivity contribution in [1.82, 2.24) is 0 Å². The quantitative estimate of drug-likeness (QED) is 0.773. The first-order chi connectivity index (χ1) is 8.47. The molecule has 0 heterocycles. The Morgan fingerprint density at radius 1 is 1.11 bits per heavy atom. The van der Waals surface area contributed by atoms with Crippen LogP contribution in [0.3, 0.4) is 0 Å². The zero-order valence-corrected chi connectivity index (χ0v) is 9.86. The number of carboxylic acid groups (broad SMARTS) is 1. The molecule has 0 fully saturated rings. The number of carbonyl (C=O) groups excluding carboxylic acids is 3. The molecule has 6 nitrogen and oxygen atoms in total. The molecule has 0 atom stereocenters. The highest BCUT2D eigenvalue weighted by Crippen LogP contribution is 2.15. The minimum atomic E-state index is -1.27. The average molecular weight is 249 g/mol. The average Bonchev–Trinajstić information content (AvgIpc) is 2.26. The Morgan fingerprint density at radius 2 is 1.72 bits per heavy atom. The lowest BCUT2D eigenvalue weighted by Crippen LogP contribution is -2.24.